The van der Waals surface area contributed by atoms with Crippen molar-refractivity contribution >= 4 is 34.8 Å². The van der Waals surface area contributed by atoms with E-state index in [1.807, 2.05) is 0 Å². The summed E-state index contributed by atoms with van der Waals surface area (Å²) in [6.07, 6.45) is 6.34. The maximum Gasteiger partial charge on any atom is 0.270 e. The van der Waals surface area contributed by atoms with E-state index in [0.29, 0.717) is 36.3 Å². The predicted octanol–water partition coefficient (Wildman–Crippen LogP) is 3.00. The Morgan fingerprint density at radius 1 is 0.909 bits per heavy atom. The maximum atomic E-state index is 12.8. The second-order valence-electron chi connectivity index (χ2n) is 7.35. The first-order chi connectivity index (χ1) is 16.0. The van der Waals surface area contributed by atoms with E-state index in [1.165, 1.54) is 12.4 Å². The van der Waals surface area contributed by atoms with Gasteiger partial charge in [-0.1, -0.05) is 24.6 Å². The third-order valence-corrected chi connectivity index (χ3v) is 4.83. The number of carbonyl (C=O) groups excluding carboxylic acids is 3. The van der Waals surface area contributed by atoms with Crippen molar-refractivity contribution in [2.75, 3.05) is 16.4 Å². The molecule has 33 heavy (non-hydrogen) atoms. The summed E-state index contributed by atoms with van der Waals surface area (Å²) in [6, 6.07) is 14.6. The number of pyridine rings is 2. The highest BCUT2D eigenvalue weighted by atomic mass is 16.2. The van der Waals surface area contributed by atoms with E-state index in [4.69, 9.17) is 5.73 Å². The Kier molecular flexibility index (Phi) is 8.47. The summed E-state index contributed by atoms with van der Waals surface area (Å²) >= 11 is 0. The second-order valence-corrected chi connectivity index (χ2v) is 7.35. The first-order valence-electron chi connectivity index (χ1n) is 10.6. The number of amides is 3. The zero-order valence-electron chi connectivity index (χ0n) is 18.0. The highest BCUT2D eigenvalue weighted by Gasteiger charge is 2.22. The van der Waals surface area contributed by atoms with Crippen LogP contribution in [0.3, 0.4) is 0 Å². The molecule has 2 aromatic heterocycles. The van der Waals surface area contributed by atoms with Gasteiger partial charge in [-0.05, 0) is 49.2 Å². The number of nitrogens with zero attached hydrogens (tertiary/aromatic N) is 2. The second kappa shape index (κ2) is 11.9. The van der Waals surface area contributed by atoms with Gasteiger partial charge in [-0.25, -0.2) is 0 Å². The van der Waals surface area contributed by atoms with Gasteiger partial charge in [-0.2, -0.15) is 0 Å². The molecule has 0 spiro atoms. The van der Waals surface area contributed by atoms with Gasteiger partial charge in [-0.3, -0.25) is 24.4 Å². The number of unbranched alkanes of at least 4 members (excludes halogenated alkanes) is 1. The van der Waals surface area contributed by atoms with Gasteiger partial charge >= 0.3 is 0 Å². The van der Waals surface area contributed by atoms with E-state index in [2.05, 4.69) is 25.9 Å². The Morgan fingerprint density at radius 2 is 1.73 bits per heavy atom. The minimum Gasteiger partial charge on any atom is -0.397 e. The highest BCUT2D eigenvalue weighted by Crippen LogP contribution is 2.17. The number of benzene rings is 1. The Labute approximate surface area is 191 Å². The number of hydrogen-bond donors (Lipinski definition) is 4. The predicted molar refractivity (Wildman–Crippen MR) is 126 cm³/mol. The number of hydrogen-bond acceptors (Lipinski definition) is 6. The van der Waals surface area contributed by atoms with Gasteiger partial charge in [0.2, 0.25) is 11.8 Å². The lowest BCUT2D eigenvalue weighted by Gasteiger charge is -2.18. The van der Waals surface area contributed by atoms with Crippen LogP contribution >= 0.6 is 0 Å². The van der Waals surface area contributed by atoms with E-state index in [-0.39, 0.29) is 23.9 Å². The van der Waals surface area contributed by atoms with Gasteiger partial charge in [0.1, 0.15) is 11.7 Å². The molecule has 0 bridgehead atoms. The van der Waals surface area contributed by atoms with Crippen molar-refractivity contribution in [2.45, 2.75) is 31.7 Å². The van der Waals surface area contributed by atoms with Crippen molar-refractivity contribution in [3.8, 4) is 0 Å². The molecule has 0 saturated heterocycles. The van der Waals surface area contributed by atoms with Gasteiger partial charge in [-0.15, -0.1) is 0 Å². The SMILES string of the molecule is Nc1ccccc1NC(=O)CCCCC(NC(=O)c1ccccn1)C(=O)Nc1cccnc1. The molecular weight excluding hydrogens is 420 g/mol. The molecule has 2 heterocycles. The van der Waals surface area contributed by atoms with Crippen LogP contribution in [0.25, 0.3) is 0 Å². The molecule has 0 aliphatic carbocycles. The van der Waals surface area contributed by atoms with Gasteiger partial charge in [0.25, 0.3) is 5.91 Å². The molecule has 0 aliphatic heterocycles. The first kappa shape index (κ1) is 23.4. The van der Waals surface area contributed by atoms with Crippen molar-refractivity contribution in [2.24, 2.45) is 0 Å². The molecule has 1 unspecified atom stereocenters. The number of nitrogens with one attached hydrogen (secondary N) is 3. The lowest BCUT2D eigenvalue weighted by atomic mass is 10.1. The molecular formula is C24H26N6O3. The van der Waals surface area contributed by atoms with Gasteiger partial charge in [0, 0.05) is 18.8 Å². The lowest BCUT2D eigenvalue weighted by Crippen LogP contribution is -2.44. The van der Waals surface area contributed by atoms with Crippen LogP contribution in [0.5, 0.6) is 0 Å². The van der Waals surface area contributed by atoms with Crippen molar-refractivity contribution < 1.29 is 14.4 Å². The number of carbonyl (C=O) groups is 3. The van der Waals surface area contributed by atoms with E-state index < -0.39 is 11.9 Å². The fraction of sp³-hybridized carbons (Fsp3) is 0.208. The molecule has 9 nitrogen and oxygen atoms in total. The van der Waals surface area contributed by atoms with Crippen molar-refractivity contribution in [1.29, 1.82) is 0 Å². The molecule has 0 fully saturated rings. The zero-order chi connectivity index (χ0) is 23.5. The summed E-state index contributed by atoms with van der Waals surface area (Å²) in [4.78, 5) is 45.6. The number of anilines is 3. The summed E-state index contributed by atoms with van der Waals surface area (Å²) in [5, 5.41) is 8.27. The fourth-order valence-corrected chi connectivity index (χ4v) is 3.12. The Morgan fingerprint density at radius 3 is 2.45 bits per heavy atom. The zero-order valence-corrected chi connectivity index (χ0v) is 18.0. The van der Waals surface area contributed by atoms with Crippen LogP contribution in [0, 0.1) is 0 Å². The van der Waals surface area contributed by atoms with Gasteiger partial charge in [0.15, 0.2) is 0 Å². The third-order valence-electron chi connectivity index (χ3n) is 4.83. The van der Waals surface area contributed by atoms with Gasteiger partial charge in [0.05, 0.1) is 23.3 Å². The molecule has 9 heteroatoms. The number of nitrogens with two attached hydrogens (primary N) is 1. The molecule has 170 valence electrons. The number of nitrogen functional groups attached to an aromatic ring is 1. The quantitative estimate of drug-likeness (QED) is 0.279. The average molecular weight is 447 g/mol. The summed E-state index contributed by atoms with van der Waals surface area (Å²) < 4.78 is 0. The Bertz CT molecular complexity index is 1080. The van der Waals surface area contributed by atoms with Crippen LogP contribution in [0.2, 0.25) is 0 Å². The van der Waals surface area contributed by atoms with Gasteiger partial charge < -0.3 is 21.7 Å². The minimum absolute atomic E-state index is 0.165. The summed E-state index contributed by atoms with van der Waals surface area (Å²) in [6.45, 7) is 0. The van der Waals surface area contributed by atoms with E-state index in [9.17, 15) is 14.4 Å². The molecule has 0 saturated carbocycles. The summed E-state index contributed by atoms with van der Waals surface area (Å²) in [7, 11) is 0. The number of rotatable bonds is 10. The standard InChI is InChI=1S/C24H26N6O3/c25-18-9-1-2-10-19(18)29-22(31)13-4-3-12-21(24(33)28-17-8-7-14-26-16-17)30-23(32)20-11-5-6-15-27-20/h1-2,5-11,14-16,21H,3-4,12-13,25H2,(H,28,33)(H,29,31)(H,30,32). The van der Waals surface area contributed by atoms with Crippen LogP contribution < -0.4 is 21.7 Å². The molecule has 0 aliphatic rings. The topological polar surface area (TPSA) is 139 Å². The maximum absolute atomic E-state index is 12.8. The largest absolute Gasteiger partial charge is 0.397 e. The van der Waals surface area contributed by atoms with E-state index in [0.717, 1.165) is 0 Å². The van der Waals surface area contributed by atoms with Crippen LogP contribution in [-0.4, -0.2) is 33.7 Å². The average Bonchev–Trinajstić information content (AvgIpc) is 2.83. The first-order valence-corrected chi connectivity index (χ1v) is 10.6. The van der Waals surface area contributed by atoms with Crippen LogP contribution in [0.15, 0.2) is 73.2 Å². The molecule has 3 aromatic rings. The molecule has 3 rings (SSSR count). The highest BCUT2D eigenvalue weighted by molar-refractivity contribution is 6.00. The number of aromatic nitrogens is 2. The normalized spacial score (nSPS) is 11.3. The minimum atomic E-state index is -0.799. The molecule has 1 atom stereocenters. The Hall–Kier alpha value is -4.27. The Balaban J connectivity index is 1.55. The van der Waals surface area contributed by atoms with E-state index in [1.54, 1.807) is 60.8 Å². The molecule has 5 N–H and O–H groups in total. The van der Waals surface area contributed by atoms with Crippen LogP contribution in [0.4, 0.5) is 17.1 Å². The molecule has 1 aromatic carbocycles. The smallest absolute Gasteiger partial charge is 0.270 e. The third kappa shape index (κ3) is 7.42. The van der Waals surface area contributed by atoms with Crippen LogP contribution in [0.1, 0.15) is 36.2 Å². The van der Waals surface area contributed by atoms with Crippen molar-refractivity contribution in [3.05, 3.63) is 78.9 Å². The fourth-order valence-electron chi connectivity index (χ4n) is 3.12. The molecule has 0 radical (unpaired) electrons. The lowest BCUT2D eigenvalue weighted by molar-refractivity contribution is -0.118. The van der Waals surface area contributed by atoms with E-state index >= 15 is 0 Å². The van der Waals surface area contributed by atoms with Crippen molar-refractivity contribution in [1.82, 2.24) is 15.3 Å². The summed E-state index contributed by atoms with van der Waals surface area (Å²) in [5.41, 5.74) is 7.66. The van der Waals surface area contributed by atoms with Crippen molar-refractivity contribution in [3.63, 3.8) is 0 Å². The number of para-hydroxylation sites is 2. The molecule has 3 amide bonds. The monoisotopic (exact) mass is 446 g/mol. The van der Waals surface area contributed by atoms with Crippen LogP contribution in [-0.2, 0) is 9.59 Å². The summed E-state index contributed by atoms with van der Waals surface area (Å²) in [5.74, 6) is -0.977.